The van der Waals surface area contributed by atoms with Gasteiger partial charge in [-0.2, -0.15) is 8.78 Å². The van der Waals surface area contributed by atoms with Crippen LogP contribution >= 0.6 is 0 Å². The van der Waals surface area contributed by atoms with Crippen LogP contribution in [0.15, 0.2) is 24.3 Å². The minimum Gasteiger partial charge on any atom is -0.326 e. The lowest BCUT2D eigenvalue weighted by Gasteiger charge is -2.07. The first kappa shape index (κ1) is 13.1. The Hall–Kier alpha value is -1.98. The second-order valence-electron chi connectivity index (χ2n) is 3.27. The SMILES string of the molecule is CCC(=O)Nc1cccc(NC(=O)C(F)F)c1. The number of halogens is 2. The van der Waals surface area contributed by atoms with Gasteiger partial charge in [-0.05, 0) is 18.2 Å². The van der Waals surface area contributed by atoms with Crippen molar-refractivity contribution in [3.8, 4) is 0 Å². The Bertz CT molecular complexity index is 422. The van der Waals surface area contributed by atoms with Gasteiger partial charge in [-0.3, -0.25) is 9.59 Å². The molecular formula is C11H12F2N2O2. The molecule has 0 aliphatic rings. The molecule has 0 unspecified atom stereocenters. The smallest absolute Gasteiger partial charge is 0.315 e. The van der Waals surface area contributed by atoms with Gasteiger partial charge >= 0.3 is 6.43 Å². The second kappa shape index (κ2) is 5.93. The molecule has 6 heteroatoms. The Labute approximate surface area is 97.0 Å². The highest BCUT2D eigenvalue weighted by atomic mass is 19.3. The lowest BCUT2D eigenvalue weighted by atomic mass is 10.2. The summed E-state index contributed by atoms with van der Waals surface area (Å²) in [6, 6.07) is 6.02. The first-order valence-corrected chi connectivity index (χ1v) is 5.02. The molecule has 0 fully saturated rings. The molecule has 0 heterocycles. The summed E-state index contributed by atoms with van der Waals surface area (Å²) in [5, 5.41) is 4.59. The number of anilines is 2. The molecule has 0 radical (unpaired) electrons. The van der Waals surface area contributed by atoms with E-state index < -0.39 is 12.3 Å². The molecule has 2 N–H and O–H groups in total. The van der Waals surface area contributed by atoms with E-state index >= 15 is 0 Å². The van der Waals surface area contributed by atoms with Crippen LogP contribution < -0.4 is 10.6 Å². The zero-order valence-electron chi connectivity index (χ0n) is 9.17. The number of hydrogen-bond acceptors (Lipinski definition) is 2. The van der Waals surface area contributed by atoms with Crippen LogP contribution in [-0.4, -0.2) is 18.2 Å². The fraction of sp³-hybridized carbons (Fsp3) is 0.273. The zero-order chi connectivity index (χ0) is 12.8. The van der Waals surface area contributed by atoms with E-state index in [1.165, 1.54) is 12.1 Å². The maximum atomic E-state index is 12.0. The van der Waals surface area contributed by atoms with Gasteiger partial charge in [0.1, 0.15) is 0 Å². The van der Waals surface area contributed by atoms with Crippen molar-refractivity contribution in [2.24, 2.45) is 0 Å². The van der Waals surface area contributed by atoms with Gasteiger partial charge in [0.05, 0.1) is 0 Å². The second-order valence-corrected chi connectivity index (χ2v) is 3.27. The summed E-state index contributed by atoms with van der Waals surface area (Å²) in [4.78, 5) is 21.9. The summed E-state index contributed by atoms with van der Waals surface area (Å²) >= 11 is 0. The molecule has 0 saturated carbocycles. The van der Waals surface area contributed by atoms with Gasteiger partial charge in [-0.25, -0.2) is 0 Å². The quantitative estimate of drug-likeness (QED) is 0.850. The highest BCUT2D eigenvalue weighted by Crippen LogP contribution is 2.15. The summed E-state index contributed by atoms with van der Waals surface area (Å²) in [5.74, 6) is -1.56. The predicted octanol–water partition coefficient (Wildman–Crippen LogP) is 2.24. The highest BCUT2D eigenvalue weighted by Gasteiger charge is 2.14. The summed E-state index contributed by atoms with van der Waals surface area (Å²) < 4.78 is 24.0. The van der Waals surface area contributed by atoms with Crippen molar-refractivity contribution < 1.29 is 18.4 Å². The van der Waals surface area contributed by atoms with Crippen molar-refractivity contribution in [1.82, 2.24) is 0 Å². The third-order valence-electron chi connectivity index (χ3n) is 1.93. The van der Waals surface area contributed by atoms with Gasteiger partial charge in [0, 0.05) is 17.8 Å². The first-order chi connectivity index (χ1) is 8.02. The standard InChI is InChI=1S/C11H12F2N2O2/c1-2-9(16)14-7-4-3-5-8(6-7)15-11(17)10(12)13/h3-6,10H,2H2,1H3,(H,14,16)(H,15,17). The van der Waals surface area contributed by atoms with Crippen LogP contribution in [0.4, 0.5) is 20.2 Å². The molecule has 0 aromatic heterocycles. The van der Waals surface area contributed by atoms with Crippen LogP contribution in [0.5, 0.6) is 0 Å². The van der Waals surface area contributed by atoms with E-state index in [9.17, 15) is 18.4 Å². The number of nitrogens with one attached hydrogen (secondary N) is 2. The fourth-order valence-electron chi connectivity index (χ4n) is 1.12. The predicted molar refractivity (Wildman–Crippen MR) is 60.0 cm³/mol. The Morgan fingerprint density at radius 2 is 1.82 bits per heavy atom. The maximum Gasteiger partial charge on any atom is 0.315 e. The normalized spacial score (nSPS) is 10.1. The molecule has 0 atom stereocenters. The average molecular weight is 242 g/mol. The Morgan fingerprint density at radius 3 is 2.35 bits per heavy atom. The molecule has 4 nitrogen and oxygen atoms in total. The van der Waals surface area contributed by atoms with E-state index in [4.69, 9.17) is 0 Å². The van der Waals surface area contributed by atoms with Gasteiger partial charge in [0.25, 0.3) is 5.91 Å². The van der Waals surface area contributed by atoms with E-state index in [0.717, 1.165) is 0 Å². The van der Waals surface area contributed by atoms with E-state index in [0.29, 0.717) is 12.1 Å². The molecule has 1 rings (SSSR count). The molecular weight excluding hydrogens is 230 g/mol. The Morgan fingerprint density at radius 1 is 1.24 bits per heavy atom. The van der Waals surface area contributed by atoms with Gasteiger partial charge < -0.3 is 10.6 Å². The summed E-state index contributed by atoms with van der Waals surface area (Å²) in [6.45, 7) is 1.69. The summed E-state index contributed by atoms with van der Waals surface area (Å²) in [7, 11) is 0. The molecule has 92 valence electrons. The molecule has 17 heavy (non-hydrogen) atoms. The zero-order valence-corrected chi connectivity index (χ0v) is 9.17. The summed E-state index contributed by atoms with van der Waals surface area (Å²) in [6.07, 6.45) is -2.75. The van der Waals surface area contributed by atoms with E-state index in [2.05, 4.69) is 5.32 Å². The number of carbonyl (C=O) groups is 2. The highest BCUT2D eigenvalue weighted by molar-refractivity contribution is 5.95. The number of hydrogen-bond donors (Lipinski definition) is 2. The van der Waals surface area contributed by atoms with Crippen LogP contribution in [0, 0.1) is 0 Å². The lowest BCUT2D eigenvalue weighted by Crippen LogP contribution is -2.20. The van der Waals surface area contributed by atoms with Crippen LogP contribution in [0.25, 0.3) is 0 Å². The minimum absolute atomic E-state index is 0.192. The van der Waals surface area contributed by atoms with E-state index in [1.807, 2.05) is 5.32 Å². The monoisotopic (exact) mass is 242 g/mol. The van der Waals surface area contributed by atoms with Gasteiger partial charge in [0.2, 0.25) is 5.91 Å². The largest absolute Gasteiger partial charge is 0.326 e. The van der Waals surface area contributed by atoms with E-state index in [1.54, 1.807) is 19.1 Å². The van der Waals surface area contributed by atoms with Crippen LogP contribution in [-0.2, 0) is 9.59 Å². The molecule has 1 aromatic rings. The van der Waals surface area contributed by atoms with Crippen molar-refractivity contribution in [2.45, 2.75) is 19.8 Å². The van der Waals surface area contributed by atoms with E-state index in [-0.39, 0.29) is 11.6 Å². The minimum atomic E-state index is -3.07. The third kappa shape index (κ3) is 4.18. The number of benzene rings is 1. The third-order valence-corrected chi connectivity index (χ3v) is 1.93. The van der Waals surface area contributed by atoms with Gasteiger partial charge in [0.15, 0.2) is 0 Å². The molecule has 0 saturated heterocycles. The number of carbonyl (C=O) groups excluding carboxylic acids is 2. The Kier molecular flexibility index (Phi) is 4.56. The Balaban J connectivity index is 2.72. The van der Waals surface area contributed by atoms with Crippen LogP contribution in [0.1, 0.15) is 13.3 Å². The van der Waals surface area contributed by atoms with Gasteiger partial charge in [-0.1, -0.05) is 13.0 Å². The average Bonchev–Trinajstić information content (AvgIpc) is 2.29. The first-order valence-electron chi connectivity index (χ1n) is 5.02. The van der Waals surface area contributed by atoms with Crippen LogP contribution in [0.3, 0.4) is 0 Å². The molecule has 0 aliphatic carbocycles. The van der Waals surface area contributed by atoms with Crippen molar-refractivity contribution in [2.75, 3.05) is 10.6 Å². The lowest BCUT2D eigenvalue weighted by molar-refractivity contribution is -0.126. The fourth-order valence-corrected chi connectivity index (χ4v) is 1.12. The number of rotatable bonds is 4. The van der Waals surface area contributed by atoms with Crippen molar-refractivity contribution in [1.29, 1.82) is 0 Å². The van der Waals surface area contributed by atoms with Crippen LogP contribution in [0.2, 0.25) is 0 Å². The maximum absolute atomic E-state index is 12.0. The van der Waals surface area contributed by atoms with Crippen molar-refractivity contribution in [3.63, 3.8) is 0 Å². The molecule has 0 aliphatic heterocycles. The topological polar surface area (TPSA) is 58.2 Å². The molecule has 0 spiro atoms. The number of amides is 2. The number of alkyl halides is 2. The van der Waals surface area contributed by atoms with Gasteiger partial charge in [-0.15, -0.1) is 0 Å². The molecule has 2 amide bonds. The molecule has 1 aromatic carbocycles. The van der Waals surface area contributed by atoms with Crippen molar-refractivity contribution in [3.05, 3.63) is 24.3 Å². The van der Waals surface area contributed by atoms with Crippen molar-refractivity contribution >= 4 is 23.2 Å². The summed E-state index contributed by atoms with van der Waals surface area (Å²) in [5.41, 5.74) is 0.660. The molecule has 0 bridgehead atoms.